The third-order valence-electron chi connectivity index (χ3n) is 0.616. The molecule has 0 amide bonds. The normalized spacial score (nSPS) is 7.78. The lowest BCUT2D eigenvalue weighted by atomic mass is 10.4. The average Bonchev–Trinajstić information content (AvgIpc) is 1.81. The molecular formula is C7H12ClN. The van der Waals surface area contributed by atoms with Crippen LogP contribution >= 0.6 is 12.4 Å². The highest BCUT2D eigenvalue weighted by Gasteiger charge is 1.59. The van der Waals surface area contributed by atoms with Gasteiger partial charge in [0.15, 0.2) is 0 Å². The van der Waals surface area contributed by atoms with Gasteiger partial charge in [-0.15, -0.1) is 12.4 Å². The summed E-state index contributed by atoms with van der Waals surface area (Å²) in [5.74, 6) is 5.72. The molecule has 0 aliphatic rings. The van der Waals surface area contributed by atoms with Crippen molar-refractivity contribution in [2.45, 2.75) is 13.3 Å². The molecule has 0 aromatic carbocycles. The maximum atomic E-state index is 5.16. The van der Waals surface area contributed by atoms with Gasteiger partial charge in [-0.3, -0.25) is 0 Å². The van der Waals surface area contributed by atoms with E-state index in [1.807, 2.05) is 13.0 Å². The summed E-state index contributed by atoms with van der Waals surface area (Å²) >= 11 is 0. The minimum absolute atomic E-state index is 0. The van der Waals surface area contributed by atoms with Crippen LogP contribution in [0.25, 0.3) is 0 Å². The van der Waals surface area contributed by atoms with Crippen molar-refractivity contribution in [3.63, 3.8) is 0 Å². The van der Waals surface area contributed by atoms with Crippen LogP contribution in [0, 0.1) is 11.8 Å². The molecule has 2 heteroatoms. The Kier molecular flexibility index (Phi) is 13.3. The van der Waals surface area contributed by atoms with Crippen molar-refractivity contribution in [1.82, 2.24) is 0 Å². The second-order valence-electron chi connectivity index (χ2n) is 1.31. The van der Waals surface area contributed by atoms with E-state index in [0.29, 0.717) is 6.54 Å². The molecule has 0 atom stereocenters. The summed E-state index contributed by atoms with van der Waals surface area (Å²) < 4.78 is 0. The number of halogens is 1. The van der Waals surface area contributed by atoms with Crippen LogP contribution in [0.1, 0.15) is 13.3 Å². The van der Waals surface area contributed by atoms with Crippen LogP contribution in [-0.4, -0.2) is 6.54 Å². The first-order chi connectivity index (χ1) is 3.91. The van der Waals surface area contributed by atoms with Crippen LogP contribution < -0.4 is 5.73 Å². The number of nitrogens with two attached hydrogens (primary N) is 1. The Bertz CT molecular complexity index is 119. The fourth-order valence-electron chi connectivity index (χ4n) is 0.288. The summed E-state index contributed by atoms with van der Waals surface area (Å²) in [7, 11) is 0. The minimum Gasteiger partial charge on any atom is -0.327 e. The highest BCUT2D eigenvalue weighted by molar-refractivity contribution is 5.85. The van der Waals surface area contributed by atoms with E-state index in [0.717, 1.165) is 6.42 Å². The molecule has 0 aliphatic carbocycles. The lowest BCUT2D eigenvalue weighted by molar-refractivity contribution is 1.25. The highest BCUT2D eigenvalue weighted by atomic mass is 35.5. The van der Waals surface area contributed by atoms with Crippen molar-refractivity contribution in [1.29, 1.82) is 0 Å². The smallest absolute Gasteiger partial charge is 0.0116 e. The van der Waals surface area contributed by atoms with Crippen molar-refractivity contribution >= 4 is 12.4 Å². The largest absolute Gasteiger partial charge is 0.327 e. The van der Waals surface area contributed by atoms with E-state index in [1.165, 1.54) is 0 Å². The molecule has 0 saturated heterocycles. The lowest BCUT2D eigenvalue weighted by Crippen LogP contribution is -1.91. The average molecular weight is 146 g/mol. The molecule has 0 rings (SSSR count). The van der Waals surface area contributed by atoms with Gasteiger partial charge >= 0.3 is 0 Å². The van der Waals surface area contributed by atoms with Gasteiger partial charge in [-0.2, -0.15) is 0 Å². The van der Waals surface area contributed by atoms with Crippen LogP contribution in [0.15, 0.2) is 12.2 Å². The lowest BCUT2D eigenvalue weighted by Gasteiger charge is -1.70. The predicted molar refractivity (Wildman–Crippen MR) is 43.5 cm³/mol. The SMILES string of the molecule is CCC#CC=CCN.Cl. The molecule has 0 radical (unpaired) electrons. The molecule has 9 heavy (non-hydrogen) atoms. The van der Waals surface area contributed by atoms with Crippen LogP contribution in [0.5, 0.6) is 0 Å². The summed E-state index contributed by atoms with van der Waals surface area (Å²) in [5.41, 5.74) is 5.16. The van der Waals surface area contributed by atoms with E-state index in [4.69, 9.17) is 5.73 Å². The van der Waals surface area contributed by atoms with Crippen LogP contribution in [0.3, 0.4) is 0 Å². The zero-order chi connectivity index (χ0) is 6.24. The summed E-state index contributed by atoms with van der Waals surface area (Å²) in [6.45, 7) is 2.60. The molecule has 0 aliphatic heterocycles. The number of rotatable bonds is 1. The second kappa shape index (κ2) is 10.5. The molecular weight excluding hydrogens is 134 g/mol. The molecule has 0 bridgehead atoms. The first-order valence-electron chi connectivity index (χ1n) is 2.75. The van der Waals surface area contributed by atoms with Gasteiger partial charge in [-0.1, -0.05) is 24.8 Å². The fourth-order valence-corrected chi connectivity index (χ4v) is 0.288. The molecule has 0 fully saturated rings. The van der Waals surface area contributed by atoms with E-state index >= 15 is 0 Å². The summed E-state index contributed by atoms with van der Waals surface area (Å²) in [4.78, 5) is 0. The Morgan fingerprint density at radius 1 is 1.56 bits per heavy atom. The van der Waals surface area contributed by atoms with Crippen molar-refractivity contribution < 1.29 is 0 Å². The monoisotopic (exact) mass is 145 g/mol. The second-order valence-corrected chi connectivity index (χ2v) is 1.31. The van der Waals surface area contributed by atoms with Crippen LogP contribution in [-0.2, 0) is 0 Å². The highest BCUT2D eigenvalue weighted by Crippen LogP contribution is 1.68. The molecule has 2 N–H and O–H groups in total. The van der Waals surface area contributed by atoms with Gasteiger partial charge in [-0.05, 0) is 6.08 Å². The fraction of sp³-hybridized carbons (Fsp3) is 0.429. The standard InChI is InChI=1S/C7H11N.ClH/c1-2-3-4-5-6-7-8;/h5-6H,2,7-8H2,1H3;1H. The predicted octanol–water partition coefficient (Wildman–Crippen LogP) is 1.34. The zero-order valence-electron chi connectivity index (χ0n) is 5.55. The molecule has 0 unspecified atom stereocenters. The third-order valence-corrected chi connectivity index (χ3v) is 0.616. The van der Waals surface area contributed by atoms with Gasteiger partial charge in [0, 0.05) is 13.0 Å². The Balaban J connectivity index is 0. The van der Waals surface area contributed by atoms with Crippen molar-refractivity contribution in [2.24, 2.45) is 5.73 Å². The molecule has 0 aromatic heterocycles. The van der Waals surface area contributed by atoms with E-state index in [1.54, 1.807) is 6.08 Å². The van der Waals surface area contributed by atoms with Gasteiger partial charge in [0.1, 0.15) is 0 Å². The topological polar surface area (TPSA) is 26.0 Å². The molecule has 0 saturated carbocycles. The van der Waals surface area contributed by atoms with E-state index in [-0.39, 0.29) is 12.4 Å². The quantitative estimate of drug-likeness (QED) is 0.554. The van der Waals surface area contributed by atoms with Gasteiger partial charge < -0.3 is 5.73 Å². The third kappa shape index (κ3) is 11.2. The Morgan fingerprint density at radius 2 is 2.22 bits per heavy atom. The van der Waals surface area contributed by atoms with Gasteiger partial charge in [0.25, 0.3) is 0 Å². The molecule has 0 heterocycles. The Morgan fingerprint density at radius 3 is 2.67 bits per heavy atom. The van der Waals surface area contributed by atoms with Crippen molar-refractivity contribution in [3.05, 3.63) is 12.2 Å². The Labute approximate surface area is 62.7 Å². The van der Waals surface area contributed by atoms with Crippen molar-refractivity contribution in [2.75, 3.05) is 6.54 Å². The van der Waals surface area contributed by atoms with E-state index in [9.17, 15) is 0 Å². The van der Waals surface area contributed by atoms with E-state index in [2.05, 4.69) is 11.8 Å². The molecule has 0 spiro atoms. The maximum absolute atomic E-state index is 5.16. The van der Waals surface area contributed by atoms with Crippen LogP contribution in [0.2, 0.25) is 0 Å². The zero-order valence-corrected chi connectivity index (χ0v) is 6.37. The number of allylic oxidation sites excluding steroid dienone is 1. The first-order valence-corrected chi connectivity index (χ1v) is 2.75. The summed E-state index contributed by atoms with van der Waals surface area (Å²) in [6.07, 6.45) is 4.53. The maximum Gasteiger partial charge on any atom is 0.0116 e. The Hall–Kier alpha value is -0.450. The first kappa shape index (κ1) is 11.4. The molecule has 52 valence electrons. The van der Waals surface area contributed by atoms with Gasteiger partial charge in [0.2, 0.25) is 0 Å². The molecule has 1 nitrogen and oxygen atoms in total. The summed E-state index contributed by atoms with van der Waals surface area (Å²) in [5, 5.41) is 0. The number of hydrogen-bond donors (Lipinski definition) is 1. The molecule has 0 aromatic rings. The van der Waals surface area contributed by atoms with Gasteiger partial charge in [0.05, 0.1) is 0 Å². The van der Waals surface area contributed by atoms with E-state index < -0.39 is 0 Å². The van der Waals surface area contributed by atoms with Crippen molar-refractivity contribution in [3.8, 4) is 11.8 Å². The number of hydrogen-bond acceptors (Lipinski definition) is 1. The van der Waals surface area contributed by atoms with Gasteiger partial charge in [-0.25, -0.2) is 0 Å². The summed E-state index contributed by atoms with van der Waals surface area (Å²) in [6, 6.07) is 0. The van der Waals surface area contributed by atoms with Crippen LogP contribution in [0.4, 0.5) is 0 Å². The minimum atomic E-state index is 0.